The highest BCUT2D eigenvalue weighted by Gasteiger charge is 2.16. The first-order valence-electron chi connectivity index (χ1n) is 6.85. The summed E-state index contributed by atoms with van der Waals surface area (Å²) in [6.07, 6.45) is 0. The van der Waals surface area contributed by atoms with Gasteiger partial charge in [0.2, 0.25) is 0 Å². The number of rotatable bonds is 6. The van der Waals surface area contributed by atoms with Gasteiger partial charge in [-0.05, 0) is 19.2 Å². The molecule has 1 N–H and O–H groups in total. The van der Waals surface area contributed by atoms with Gasteiger partial charge in [0.15, 0.2) is 0 Å². The van der Waals surface area contributed by atoms with E-state index in [9.17, 15) is 4.79 Å². The highest BCUT2D eigenvalue weighted by atomic mass is 35.5. The average molecular weight is 311 g/mol. The van der Waals surface area contributed by atoms with E-state index in [0.29, 0.717) is 16.4 Å². The Labute approximate surface area is 128 Å². The third-order valence-electron chi connectivity index (χ3n) is 3.35. The molecule has 108 valence electrons. The lowest BCUT2D eigenvalue weighted by atomic mass is 10.2. The van der Waals surface area contributed by atoms with Crippen LogP contribution in [-0.2, 0) is 0 Å². The van der Waals surface area contributed by atoms with Crippen LogP contribution in [0, 0.1) is 0 Å². The molecule has 0 aliphatic heterocycles. The maximum atomic E-state index is 12.2. The molecule has 0 fully saturated rings. The molecule has 1 heterocycles. The summed E-state index contributed by atoms with van der Waals surface area (Å²) in [4.78, 5) is 15.1. The van der Waals surface area contributed by atoms with Gasteiger partial charge >= 0.3 is 0 Å². The summed E-state index contributed by atoms with van der Waals surface area (Å²) in [5, 5.41) is 4.46. The van der Waals surface area contributed by atoms with Crippen molar-refractivity contribution in [2.75, 3.05) is 26.2 Å². The molecule has 5 heteroatoms. The van der Waals surface area contributed by atoms with E-state index in [2.05, 4.69) is 24.1 Å². The number of nitrogens with zero attached hydrogens (tertiary/aromatic N) is 1. The van der Waals surface area contributed by atoms with E-state index in [0.717, 1.165) is 29.7 Å². The molecular weight excluding hydrogens is 292 g/mol. The van der Waals surface area contributed by atoms with Crippen LogP contribution in [0.2, 0.25) is 5.02 Å². The molecule has 1 aromatic heterocycles. The Balaban J connectivity index is 2.03. The number of amides is 1. The first kappa shape index (κ1) is 15.3. The predicted molar refractivity (Wildman–Crippen MR) is 87.0 cm³/mol. The second-order valence-corrected chi connectivity index (χ2v) is 5.95. The van der Waals surface area contributed by atoms with Crippen molar-refractivity contribution in [3.63, 3.8) is 0 Å². The van der Waals surface area contributed by atoms with E-state index < -0.39 is 0 Å². The third-order valence-corrected chi connectivity index (χ3v) is 5.02. The van der Waals surface area contributed by atoms with Gasteiger partial charge in [0, 0.05) is 23.2 Å². The van der Waals surface area contributed by atoms with Crippen molar-refractivity contribution in [1.82, 2.24) is 10.2 Å². The number of hydrogen-bond acceptors (Lipinski definition) is 3. The average Bonchev–Trinajstić information content (AvgIpc) is 2.81. The number of benzene rings is 1. The van der Waals surface area contributed by atoms with Crippen molar-refractivity contribution in [1.29, 1.82) is 0 Å². The Kier molecular flexibility index (Phi) is 5.40. The molecule has 0 atom stereocenters. The summed E-state index contributed by atoms with van der Waals surface area (Å²) >= 11 is 7.73. The second kappa shape index (κ2) is 7.07. The van der Waals surface area contributed by atoms with Gasteiger partial charge in [0.1, 0.15) is 4.88 Å². The molecule has 2 aromatic rings. The normalized spacial score (nSPS) is 11.2. The SMILES string of the molecule is CCN(CC)CCNC(=O)c1sc2ccccc2c1Cl. The number of carbonyl (C=O) groups is 1. The molecule has 1 amide bonds. The summed E-state index contributed by atoms with van der Waals surface area (Å²) in [5.41, 5.74) is 0. The Morgan fingerprint density at radius 1 is 1.30 bits per heavy atom. The molecule has 0 bridgehead atoms. The highest BCUT2D eigenvalue weighted by molar-refractivity contribution is 7.21. The summed E-state index contributed by atoms with van der Waals surface area (Å²) in [7, 11) is 0. The van der Waals surface area contributed by atoms with E-state index in [1.165, 1.54) is 11.3 Å². The summed E-state index contributed by atoms with van der Waals surface area (Å²) in [6.45, 7) is 7.74. The van der Waals surface area contributed by atoms with E-state index >= 15 is 0 Å². The summed E-state index contributed by atoms with van der Waals surface area (Å²) < 4.78 is 1.05. The van der Waals surface area contributed by atoms with Crippen molar-refractivity contribution >= 4 is 38.9 Å². The molecule has 0 saturated carbocycles. The minimum Gasteiger partial charge on any atom is -0.350 e. The Bertz CT molecular complexity index is 593. The molecule has 2 rings (SSSR count). The molecule has 0 unspecified atom stereocenters. The van der Waals surface area contributed by atoms with Crippen molar-refractivity contribution in [3.8, 4) is 0 Å². The minimum absolute atomic E-state index is 0.0802. The molecule has 0 aliphatic carbocycles. The first-order valence-corrected chi connectivity index (χ1v) is 8.04. The fraction of sp³-hybridized carbons (Fsp3) is 0.400. The summed E-state index contributed by atoms with van der Waals surface area (Å²) in [6, 6.07) is 7.82. The van der Waals surface area contributed by atoms with Crippen LogP contribution in [-0.4, -0.2) is 37.0 Å². The van der Waals surface area contributed by atoms with E-state index in [1.807, 2.05) is 24.3 Å². The monoisotopic (exact) mass is 310 g/mol. The first-order chi connectivity index (χ1) is 9.67. The van der Waals surface area contributed by atoms with Crippen LogP contribution >= 0.6 is 22.9 Å². The maximum Gasteiger partial charge on any atom is 0.262 e. The Morgan fingerprint density at radius 2 is 2.00 bits per heavy atom. The van der Waals surface area contributed by atoms with Crippen molar-refractivity contribution in [3.05, 3.63) is 34.2 Å². The van der Waals surface area contributed by atoms with Crippen LogP contribution in [0.5, 0.6) is 0 Å². The van der Waals surface area contributed by atoms with Gasteiger partial charge in [-0.3, -0.25) is 4.79 Å². The topological polar surface area (TPSA) is 32.3 Å². The summed E-state index contributed by atoms with van der Waals surface area (Å²) in [5.74, 6) is -0.0802. The van der Waals surface area contributed by atoms with Crippen molar-refractivity contribution < 1.29 is 4.79 Å². The molecule has 3 nitrogen and oxygen atoms in total. The van der Waals surface area contributed by atoms with E-state index in [1.54, 1.807) is 0 Å². The zero-order valence-corrected chi connectivity index (χ0v) is 13.4. The lowest BCUT2D eigenvalue weighted by molar-refractivity contribution is 0.0953. The van der Waals surface area contributed by atoms with Crippen molar-refractivity contribution in [2.45, 2.75) is 13.8 Å². The van der Waals surface area contributed by atoms with Crippen molar-refractivity contribution in [2.24, 2.45) is 0 Å². The predicted octanol–water partition coefficient (Wildman–Crippen LogP) is 3.63. The quantitative estimate of drug-likeness (QED) is 0.883. The number of nitrogens with one attached hydrogen (secondary N) is 1. The Hall–Kier alpha value is -1.10. The van der Waals surface area contributed by atoms with Crippen LogP contribution in [0.25, 0.3) is 10.1 Å². The van der Waals surface area contributed by atoms with Gasteiger partial charge < -0.3 is 10.2 Å². The van der Waals surface area contributed by atoms with Crippen LogP contribution in [0.4, 0.5) is 0 Å². The maximum absolute atomic E-state index is 12.2. The van der Waals surface area contributed by atoms with E-state index in [-0.39, 0.29) is 5.91 Å². The zero-order valence-electron chi connectivity index (χ0n) is 11.8. The van der Waals surface area contributed by atoms with Crippen LogP contribution in [0.3, 0.4) is 0 Å². The molecule has 0 spiro atoms. The Morgan fingerprint density at radius 3 is 2.65 bits per heavy atom. The molecule has 0 aliphatic rings. The van der Waals surface area contributed by atoms with Crippen LogP contribution < -0.4 is 5.32 Å². The number of likely N-dealkylation sites (N-methyl/N-ethyl adjacent to an activating group) is 1. The standard InChI is InChI=1S/C15H19ClN2OS/c1-3-18(4-2)10-9-17-15(19)14-13(16)11-7-5-6-8-12(11)20-14/h5-8H,3-4,9-10H2,1-2H3,(H,17,19). The molecule has 1 aromatic carbocycles. The van der Waals surface area contributed by atoms with E-state index in [4.69, 9.17) is 11.6 Å². The lowest BCUT2D eigenvalue weighted by Gasteiger charge is -2.17. The lowest BCUT2D eigenvalue weighted by Crippen LogP contribution is -2.34. The number of carbonyl (C=O) groups excluding carboxylic acids is 1. The van der Waals surface area contributed by atoms with Gasteiger partial charge in [-0.2, -0.15) is 0 Å². The molecule has 0 radical (unpaired) electrons. The van der Waals surface area contributed by atoms with Gasteiger partial charge in [-0.25, -0.2) is 0 Å². The van der Waals surface area contributed by atoms with Gasteiger partial charge in [-0.1, -0.05) is 43.6 Å². The van der Waals surface area contributed by atoms with Crippen LogP contribution in [0.15, 0.2) is 24.3 Å². The fourth-order valence-corrected chi connectivity index (χ4v) is 3.54. The van der Waals surface area contributed by atoms with Crippen LogP contribution in [0.1, 0.15) is 23.5 Å². The largest absolute Gasteiger partial charge is 0.350 e. The molecular formula is C15H19ClN2OS. The van der Waals surface area contributed by atoms with Gasteiger partial charge in [0.05, 0.1) is 5.02 Å². The molecule has 0 saturated heterocycles. The zero-order chi connectivity index (χ0) is 14.5. The third kappa shape index (κ3) is 3.32. The highest BCUT2D eigenvalue weighted by Crippen LogP contribution is 2.34. The number of thiophene rings is 1. The smallest absolute Gasteiger partial charge is 0.262 e. The van der Waals surface area contributed by atoms with Gasteiger partial charge in [-0.15, -0.1) is 11.3 Å². The minimum atomic E-state index is -0.0802. The fourth-order valence-electron chi connectivity index (χ4n) is 2.11. The number of halogens is 1. The number of fused-ring (bicyclic) bond motifs is 1. The van der Waals surface area contributed by atoms with Gasteiger partial charge in [0.25, 0.3) is 5.91 Å². The number of hydrogen-bond donors (Lipinski definition) is 1. The second-order valence-electron chi connectivity index (χ2n) is 4.52. The molecule has 20 heavy (non-hydrogen) atoms.